The lowest BCUT2D eigenvalue weighted by molar-refractivity contribution is -0.128. The van der Waals surface area contributed by atoms with Crippen molar-refractivity contribution in [2.75, 3.05) is 6.54 Å². The third-order valence-corrected chi connectivity index (χ3v) is 6.03. The first kappa shape index (κ1) is 16.5. The molecular formula is C23H25N3O. The Morgan fingerprint density at radius 2 is 1.93 bits per heavy atom. The highest BCUT2D eigenvalue weighted by molar-refractivity contribution is 5.81. The van der Waals surface area contributed by atoms with Gasteiger partial charge in [0.05, 0.1) is 11.0 Å². The van der Waals surface area contributed by atoms with Gasteiger partial charge in [-0.05, 0) is 49.9 Å². The van der Waals surface area contributed by atoms with E-state index in [4.69, 9.17) is 4.98 Å². The Labute approximate surface area is 159 Å². The van der Waals surface area contributed by atoms with Crippen LogP contribution in [0.15, 0.2) is 42.5 Å². The number of carbonyl (C=O) groups is 1. The number of likely N-dealkylation sites (tertiary alicyclic amines) is 1. The third-order valence-electron chi connectivity index (χ3n) is 6.03. The zero-order chi connectivity index (χ0) is 18.5. The van der Waals surface area contributed by atoms with Gasteiger partial charge in [-0.2, -0.15) is 0 Å². The molecule has 1 unspecified atom stereocenters. The third kappa shape index (κ3) is 2.93. The standard InChI is InChI=1S/C23H25N3O/c1-15-7-8-16(2)17(11-15)13-26-21-6-4-3-5-20(21)24-23(26)18-12-22(27)25(14-18)19-9-10-19/h3-8,11,18-19H,9-10,12-14H2,1-2H3. The molecule has 3 aromatic rings. The number of imidazole rings is 1. The normalized spacial score (nSPS) is 20.0. The van der Waals surface area contributed by atoms with Gasteiger partial charge in [0, 0.05) is 31.5 Å². The summed E-state index contributed by atoms with van der Waals surface area (Å²) in [4.78, 5) is 19.6. The van der Waals surface area contributed by atoms with Gasteiger partial charge < -0.3 is 9.47 Å². The fourth-order valence-corrected chi connectivity index (χ4v) is 4.36. The molecule has 1 amide bonds. The predicted octanol–water partition coefficient (Wildman–Crippen LogP) is 4.18. The van der Waals surface area contributed by atoms with E-state index in [-0.39, 0.29) is 5.92 Å². The molecule has 138 valence electrons. The molecule has 1 aromatic heterocycles. The first-order valence-corrected chi connectivity index (χ1v) is 9.91. The van der Waals surface area contributed by atoms with Crippen LogP contribution in [0.2, 0.25) is 0 Å². The van der Waals surface area contributed by atoms with Gasteiger partial charge in [0.1, 0.15) is 5.82 Å². The average molecular weight is 359 g/mol. The summed E-state index contributed by atoms with van der Waals surface area (Å²) in [5.74, 6) is 1.55. The molecule has 1 saturated heterocycles. The molecule has 0 bridgehead atoms. The van der Waals surface area contributed by atoms with Gasteiger partial charge in [-0.3, -0.25) is 4.79 Å². The molecule has 0 spiro atoms. The summed E-state index contributed by atoms with van der Waals surface area (Å²) >= 11 is 0. The Morgan fingerprint density at radius 1 is 1.11 bits per heavy atom. The zero-order valence-electron chi connectivity index (χ0n) is 16.0. The van der Waals surface area contributed by atoms with Crippen molar-refractivity contribution < 1.29 is 4.79 Å². The molecule has 0 radical (unpaired) electrons. The number of hydrogen-bond donors (Lipinski definition) is 0. The van der Waals surface area contributed by atoms with Crippen molar-refractivity contribution in [2.45, 2.75) is 51.6 Å². The van der Waals surface area contributed by atoms with Crippen molar-refractivity contribution in [1.82, 2.24) is 14.5 Å². The van der Waals surface area contributed by atoms with E-state index in [0.717, 1.165) is 42.8 Å². The molecule has 1 saturated carbocycles. The van der Waals surface area contributed by atoms with Gasteiger partial charge in [-0.25, -0.2) is 4.98 Å². The minimum Gasteiger partial charge on any atom is -0.339 e. The highest BCUT2D eigenvalue weighted by Gasteiger charge is 2.41. The van der Waals surface area contributed by atoms with E-state index >= 15 is 0 Å². The van der Waals surface area contributed by atoms with Crippen LogP contribution in [-0.4, -0.2) is 32.9 Å². The van der Waals surface area contributed by atoms with Crippen molar-refractivity contribution in [1.29, 1.82) is 0 Å². The molecule has 2 aromatic carbocycles. The second-order valence-electron chi connectivity index (χ2n) is 8.15. The molecule has 5 rings (SSSR count). The van der Waals surface area contributed by atoms with Gasteiger partial charge in [0.2, 0.25) is 5.91 Å². The quantitative estimate of drug-likeness (QED) is 0.701. The predicted molar refractivity (Wildman–Crippen MR) is 107 cm³/mol. The minimum atomic E-state index is 0.190. The summed E-state index contributed by atoms with van der Waals surface area (Å²) in [5, 5.41) is 0. The summed E-state index contributed by atoms with van der Waals surface area (Å²) in [6, 6.07) is 15.4. The molecule has 2 aliphatic rings. The second-order valence-corrected chi connectivity index (χ2v) is 8.15. The number of para-hydroxylation sites is 2. The fourth-order valence-electron chi connectivity index (χ4n) is 4.36. The molecule has 1 atom stereocenters. The van der Waals surface area contributed by atoms with E-state index in [1.807, 2.05) is 6.07 Å². The number of fused-ring (bicyclic) bond motifs is 1. The van der Waals surface area contributed by atoms with E-state index in [1.165, 1.54) is 16.7 Å². The number of benzene rings is 2. The van der Waals surface area contributed by atoms with Crippen LogP contribution < -0.4 is 0 Å². The molecule has 2 heterocycles. The van der Waals surface area contributed by atoms with Crippen LogP contribution in [0.1, 0.15) is 47.7 Å². The van der Waals surface area contributed by atoms with Crippen LogP contribution in [0, 0.1) is 13.8 Å². The van der Waals surface area contributed by atoms with E-state index in [1.54, 1.807) is 0 Å². The minimum absolute atomic E-state index is 0.190. The molecule has 4 heteroatoms. The number of aryl methyl sites for hydroxylation is 2. The van der Waals surface area contributed by atoms with E-state index in [9.17, 15) is 4.79 Å². The van der Waals surface area contributed by atoms with E-state index in [0.29, 0.717) is 18.4 Å². The SMILES string of the molecule is Cc1ccc(C)c(Cn2c(C3CC(=O)N(C4CC4)C3)nc3ccccc32)c1. The average Bonchev–Trinajstić information content (AvgIpc) is 3.34. The summed E-state index contributed by atoms with van der Waals surface area (Å²) in [6.07, 6.45) is 2.92. The van der Waals surface area contributed by atoms with Crippen molar-refractivity contribution in [3.63, 3.8) is 0 Å². The maximum atomic E-state index is 12.5. The zero-order valence-corrected chi connectivity index (χ0v) is 16.0. The summed E-state index contributed by atoms with van der Waals surface area (Å²) in [5.41, 5.74) is 6.08. The molecule has 1 aliphatic carbocycles. The molecule has 0 N–H and O–H groups in total. The van der Waals surface area contributed by atoms with Gasteiger partial charge in [-0.1, -0.05) is 35.9 Å². The Hall–Kier alpha value is -2.62. The Morgan fingerprint density at radius 3 is 2.74 bits per heavy atom. The van der Waals surface area contributed by atoms with Gasteiger partial charge >= 0.3 is 0 Å². The summed E-state index contributed by atoms with van der Waals surface area (Å²) < 4.78 is 2.34. The highest BCUT2D eigenvalue weighted by Crippen LogP contribution is 2.37. The number of rotatable bonds is 4. The molecule has 4 nitrogen and oxygen atoms in total. The van der Waals surface area contributed by atoms with Crippen molar-refractivity contribution >= 4 is 16.9 Å². The fraction of sp³-hybridized carbons (Fsp3) is 0.391. The molecular weight excluding hydrogens is 334 g/mol. The van der Waals surface area contributed by atoms with E-state index < -0.39 is 0 Å². The van der Waals surface area contributed by atoms with Crippen LogP contribution in [-0.2, 0) is 11.3 Å². The topological polar surface area (TPSA) is 38.1 Å². The summed E-state index contributed by atoms with van der Waals surface area (Å²) in [6.45, 7) is 5.93. The lowest BCUT2D eigenvalue weighted by Crippen LogP contribution is -2.27. The van der Waals surface area contributed by atoms with Crippen LogP contribution in [0.25, 0.3) is 11.0 Å². The monoisotopic (exact) mass is 359 g/mol. The molecule has 1 aliphatic heterocycles. The molecule has 2 fully saturated rings. The highest BCUT2D eigenvalue weighted by atomic mass is 16.2. The maximum Gasteiger partial charge on any atom is 0.223 e. The van der Waals surface area contributed by atoms with Gasteiger partial charge in [0.25, 0.3) is 0 Å². The maximum absolute atomic E-state index is 12.5. The Bertz CT molecular complexity index is 1030. The Kier molecular flexibility index (Phi) is 3.81. The van der Waals surface area contributed by atoms with Crippen LogP contribution in [0.5, 0.6) is 0 Å². The first-order valence-electron chi connectivity index (χ1n) is 9.91. The lowest BCUT2D eigenvalue weighted by Gasteiger charge is -2.17. The number of carbonyl (C=O) groups excluding carboxylic acids is 1. The second kappa shape index (κ2) is 6.22. The van der Waals surface area contributed by atoms with E-state index in [2.05, 4.69) is 59.7 Å². The smallest absolute Gasteiger partial charge is 0.223 e. The van der Waals surface area contributed by atoms with Crippen molar-refractivity contribution in [2.24, 2.45) is 0 Å². The van der Waals surface area contributed by atoms with Gasteiger partial charge in [0.15, 0.2) is 0 Å². The number of aromatic nitrogens is 2. The summed E-state index contributed by atoms with van der Waals surface area (Å²) in [7, 11) is 0. The van der Waals surface area contributed by atoms with Crippen LogP contribution in [0.4, 0.5) is 0 Å². The Balaban J connectivity index is 1.57. The number of amides is 1. The largest absolute Gasteiger partial charge is 0.339 e. The van der Waals surface area contributed by atoms with Crippen LogP contribution >= 0.6 is 0 Å². The number of nitrogens with zero attached hydrogens (tertiary/aromatic N) is 3. The van der Waals surface area contributed by atoms with Gasteiger partial charge in [-0.15, -0.1) is 0 Å². The molecule has 27 heavy (non-hydrogen) atoms. The number of hydrogen-bond acceptors (Lipinski definition) is 2. The van der Waals surface area contributed by atoms with Crippen molar-refractivity contribution in [3.8, 4) is 0 Å². The van der Waals surface area contributed by atoms with Crippen LogP contribution in [0.3, 0.4) is 0 Å². The first-order chi connectivity index (χ1) is 13.1. The lowest BCUT2D eigenvalue weighted by atomic mass is 10.0. The van der Waals surface area contributed by atoms with Crippen molar-refractivity contribution in [3.05, 3.63) is 65.0 Å².